The number of rotatable bonds is 1. The number of halogens is 1. The third kappa shape index (κ3) is 1.77. The molecule has 0 amide bonds. The van der Waals surface area contributed by atoms with E-state index in [1.54, 1.807) is 6.26 Å². The van der Waals surface area contributed by atoms with Crippen molar-refractivity contribution in [2.24, 2.45) is 5.92 Å². The first kappa shape index (κ1) is 11.4. The van der Waals surface area contributed by atoms with Crippen molar-refractivity contribution >= 4 is 17.3 Å². The number of fused-ring (bicyclic) bond motifs is 3. The van der Waals surface area contributed by atoms with E-state index in [2.05, 4.69) is 5.32 Å². The number of hydrogen-bond acceptors (Lipinski definition) is 3. The zero-order chi connectivity index (χ0) is 12.8. The lowest BCUT2D eigenvalue weighted by Gasteiger charge is -2.35. The molecule has 0 bridgehead atoms. The molecule has 1 N–H and O–H groups in total. The average molecular weight is 276 g/mol. The van der Waals surface area contributed by atoms with E-state index in [9.17, 15) is 0 Å². The Bertz CT molecular complexity index is 596. The van der Waals surface area contributed by atoms with Gasteiger partial charge in [-0.3, -0.25) is 0 Å². The Balaban J connectivity index is 1.80. The van der Waals surface area contributed by atoms with Crippen molar-refractivity contribution in [3.63, 3.8) is 0 Å². The van der Waals surface area contributed by atoms with Crippen LogP contribution in [0.2, 0.25) is 5.02 Å². The molecule has 3 atom stereocenters. The van der Waals surface area contributed by atoms with Crippen molar-refractivity contribution in [3.8, 4) is 0 Å². The molecule has 0 saturated carbocycles. The van der Waals surface area contributed by atoms with Crippen LogP contribution in [0, 0.1) is 5.92 Å². The summed E-state index contributed by atoms with van der Waals surface area (Å²) in [4.78, 5) is 0. The highest BCUT2D eigenvalue weighted by Gasteiger charge is 2.42. The second kappa shape index (κ2) is 4.29. The number of nitrogens with one attached hydrogen (secondary N) is 1. The van der Waals surface area contributed by atoms with Crippen LogP contribution in [0.1, 0.15) is 29.9 Å². The highest BCUT2D eigenvalue weighted by Crippen LogP contribution is 2.50. The van der Waals surface area contributed by atoms with Crippen LogP contribution in [0.4, 0.5) is 5.69 Å². The van der Waals surface area contributed by atoms with E-state index in [1.807, 2.05) is 30.3 Å². The Morgan fingerprint density at radius 2 is 2.21 bits per heavy atom. The molecule has 98 valence electrons. The van der Waals surface area contributed by atoms with Crippen LogP contribution in [-0.2, 0) is 4.74 Å². The summed E-state index contributed by atoms with van der Waals surface area (Å²) in [6.45, 7) is 0.792. The predicted molar refractivity (Wildman–Crippen MR) is 73.3 cm³/mol. The summed E-state index contributed by atoms with van der Waals surface area (Å²) in [6.07, 6.45) is 2.87. The van der Waals surface area contributed by atoms with Crippen LogP contribution < -0.4 is 5.32 Å². The maximum atomic E-state index is 6.10. The van der Waals surface area contributed by atoms with Crippen molar-refractivity contribution in [1.82, 2.24) is 0 Å². The first-order valence-electron chi connectivity index (χ1n) is 6.54. The topological polar surface area (TPSA) is 34.4 Å². The van der Waals surface area contributed by atoms with E-state index in [0.29, 0.717) is 5.92 Å². The number of hydrogen-bond donors (Lipinski definition) is 1. The minimum atomic E-state index is 0.116. The Hall–Kier alpha value is -1.45. The molecule has 4 rings (SSSR count). The smallest absolute Gasteiger partial charge is 0.126 e. The lowest BCUT2D eigenvalue weighted by atomic mass is 9.83. The van der Waals surface area contributed by atoms with Crippen LogP contribution in [0.5, 0.6) is 0 Å². The van der Waals surface area contributed by atoms with E-state index in [1.165, 1.54) is 0 Å². The lowest BCUT2D eigenvalue weighted by Crippen LogP contribution is -2.28. The molecule has 2 aliphatic rings. The maximum Gasteiger partial charge on any atom is 0.126 e. The fourth-order valence-corrected chi connectivity index (χ4v) is 3.37. The molecule has 0 radical (unpaired) electrons. The summed E-state index contributed by atoms with van der Waals surface area (Å²) in [5.74, 6) is 1.37. The zero-order valence-corrected chi connectivity index (χ0v) is 11.1. The second-order valence-corrected chi connectivity index (χ2v) is 5.55. The van der Waals surface area contributed by atoms with Gasteiger partial charge in [0.15, 0.2) is 0 Å². The Labute approximate surface area is 116 Å². The van der Waals surface area contributed by atoms with E-state index < -0.39 is 0 Å². The second-order valence-electron chi connectivity index (χ2n) is 5.11. The van der Waals surface area contributed by atoms with E-state index in [0.717, 1.165) is 35.1 Å². The number of anilines is 1. The molecule has 4 heteroatoms. The summed E-state index contributed by atoms with van der Waals surface area (Å²) in [6, 6.07) is 10.1. The summed E-state index contributed by atoms with van der Waals surface area (Å²) < 4.78 is 11.5. The normalized spacial score (nSPS) is 28.6. The van der Waals surface area contributed by atoms with Gasteiger partial charge < -0.3 is 14.5 Å². The third-order valence-electron chi connectivity index (χ3n) is 4.05. The van der Waals surface area contributed by atoms with Gasteiger partial charge in [0.25, 0.3) is 0 Å². The van der Waals surface area contributed by atoms with Gasteiger partial charge in [0.1, 0.15) is 5.76 Å². The quantitative estimate of drug-likeness (QED) is 0.848. The van der Waals surface area contributed by atoms with Gasteiger partial charge >= 0.3 is 0 Å². The van der Waals surface area contributed by atoms with Crippen LogP contribution in [0.3, 0.4) is 0 Å². The van der Waals surface area contributed by atoms with E-state index >= 15 is 0 Å². The molecule has 19 heavy (non-hydrogen) atoms. The Morgan fingerprint density at radius 1 is 1.26 bits per heavy atom. The summed E-state index contributed by atoms with van der Waals surface area (Å²) in [7, 11) is 0. The monoisotopic (exact) mass is 275 g/mol. The number of benzene rings is 1. The van der Waals surface area contributed by atoms with Gasteiger partial charge in [-0.25, -0.2) is 0 Å². The molecule has 2 aromatic rings. The average Bonchev–Trinajstić information content (AvgIpc) is 3.09. The molecule has 1 aromatic heterocycles. The van der Waals surface area contributed by atoms with Gasteiger partial charge in [0.2, 0.25) is 0 Å². The molecule has 1 saturated heterocycles. The predicted octanol–water partition coefficient (Wildman–Crippen LogP) is 4.18. The number of furan rings is 1. The first-order chi connectivity index (χ1) is 9.33. The molecule has 3 nitrogen and oxygen atoms in total. The van der Waals surface area contributed by atoms with Gasteiger partial charge in [-0.15, -0.1) is 0 Å². The minimum Gasteiger partial charge on any atom is -0.467 e. The molecule has 2 aliphatic heterocycles. The SMILES string of the molecule is Clc1ccc2c(c1)[C@H]1OCC[C@H]1[C@@H](c1ccco1)N2. The highest BCUT2D eigenvalue weighted by molar-refractivity contribution is 6.30. The standard InChI is InChI=1S/C15H14ClNO2/c16-9-3-4-12-11(8-9)15-10(5-7-19-15)14(17-12)13-2-1-6-18-13/h1-4,6,8,10,14-15,17H,5,7H2/t10-,14-,15-/m0/s1. The molecule has 0 aliphatic carbocycles. The van der Waals surface area contributed by atoms with Crippen LogP contribution in [0.15, 0.2) is 41.0 Å². The molecule has 3 heterocycles. The molecule has 1 fully saturated rings. The molecule has 1 aromatic carbocycles. The summed E-state index contributed by atoms with van der Waals surface area (Å²) in [5.41, 5.74) is 2.26. The summed E-state index contributed by atoms with van der Waals surface area (Å²) >= 11 is 6.10. The van der Waals surface area contributed by atoms with Crippen LogP contribution >= 0.6 is 11.6 Å². The van der Waals surface area contributed by atoms with Gasteiger partial charge in [-0.05, 0) is 36.8 Å². The van der Waals surface area contributed by atoms with Gasteiger partial charge in [0, 0.05) is 28.8 Å². The van der Waals surface area contributed by atoms with Crippen molar-refractivity contribution in [2.75, 3.05) is 11.9 Å². The molecular formula is C15H14ClNO2. The van der Waals surface area contributed by atoms with Crippen molar-refractivity contribution in [3.05, 3.63) is 52.9 Å². The third-order valence-corrected chi connectivity index (χ3v) is 4.28. The lowest BCUT2D eigenvalue weighted by molar-refractivity contribution is 0.0808. The number of ether oxygens (including phenoxy) is 1. The Morgan fingerprint density at radius 3 is 3.05 bits per heavy atom. The highest BCUT2D eigenvalue weighted by atomic mass is 35.5. The minimum absolute atomic E-state index is 0.116. The van der Waals surface area contributed by atoms with Crippen molar-refractivity contribution in [1.29, 1.82) is 0 Å². The van der Waals surface area contributed by atoms with Crippen molar-refractivity contribution < 1.29 is 9.15 Å². The van der Waals surface area contributed by atoms with Gasteiger partial charge in [-0.2, -0.15) is 0 Å². The first-order valence-corrected chi connectivity index (χ1v) is 6.92. The van der Waals surface area contributed by atoms with Crippen molar-refractivity contribution in [2.45, 2.75) is 18.6 Å². The maximum absolute atomic E-state index is 6.10. The van der Waals surface area contributed by atoms with E-state index in [4.69, 9.17) is 20.8 Å². The van der Waals surface area contributed by atoms with Gasteiger partial charge in [0.05, 0.1) is 18.4 Å². The fraction of sp³-hybridized carbons (Fsp3) is 0.333. The zero-order valence-electron chi connectivity index (χ0n) is 10.3. The Kier molecular flexibility index (Phi) is 2.57. The van der Waals surface area contributed by atoms with Crippen LogP contribution in [0.25, 0.3) is 0 Å². The fourth-order valence-electron chi connectivity index (χ4n) is 3.19. The van der Waals surface area contributed by atoms with E-state index in [-0.39, 0.29) is 12.1 Å². The van der Waals surface area contributed by atoms with Gasteiger partial charge in [-0.1, -0.05) is 11.6 Å². The molecule has 0 unspecified atom stereocenters. The summed E-state index contributed by atoms with van der Waals surface area (Å²) in [5, 5.41) is 4.32. The molecule has 0 spiro atoms. The largest absolute Gasteiger partial charge is 0.467 e. The molecular weight excluding hydrogens is 262 g/mol. The van der Waals surface area contributed by atoms with Crippen LogP contribution in [-0.4, -0.2) is 6.61 Å².